The Morgan fingerprint density at radius 1 is 1.14 bits per heavy atom. The first-order chi connectivity index (χ1) is 10.1. The Labute approximate surface area is 123 Å². The molecule has 1 fully saturated rings. The van der Waals surface area contributed by atoms with Crippen LogP contribution in [0.2, 0.25) is 0 Å². The van der Waals surface area contributed by atoms with E-state index in [0.717, 1.165) is 10.8 Å². The van der Waals surface area contributed by atoms with E-state index in [4.69, 9.17) is 4.74 Å². The van der Waals surface area contributed by atoms with Crippen molar-refractivity contribution in [2.24, 2.45) is 0 Å². The fourth-order valence-electron chi connectivity index (χ4n) is 2.46. The van der Waals surface area contributed by atoms with Crippen molar-refractivity contribution in [3.05, 3.63) is 42.5 Å². The normalized spacial score (nSPS) is 23.3. The SMILES string of the molecule is O=S(=O)(N[C@@H]1CCOC[C@H]1O)c1ccc2ccccc2c1. The second kappa shape index (κ2) is 5.73. The Bertz CT molecular complexity index is 744. The molecule has 0 aromatic heterocycles. The third-order valence-electron chi connectivity index (χ3n) is 3.66. The van der Waals surface area contributed by atoms with Crippen LogP contribution in [0.3, 0.4) is 0 Å². The molecule has 1 aliphatic heterocycles. The highest BCUT2D eigenvalue weighted by molar-refractivity contribution is 7.89. The molecule has 0 amide bonds. The summed E-state index contributed by atoms with van der Waals surface area (Å²) in [5, 5.41) is 11.7. The van der Waals surface area contributed by atoms with Gasteiger partial charge in [0.1, 0.15) is 0 Å². The largest absolute Gasteiger partial charge is 0.389 e. The van der Waals surface area contributed by atoms with Crippen LogP contribution in [0, 0.1) is 0 Å². The van der Waals surface area contributed by atoms with Crippen LogP contribution in [0.5, 0.6) is 0 Å². The van der Waals surface area contributed by atoms with E-state index in [1.165, 1.54) is 0 Å². The maximum atomic E-state index is 12.4. The second-order valence-corrected chi connectivity index (χ2v) is 6.88. The van der Waals surface area contributed by atoms with Crippen molar-refractivity contribution in [3.63, 3.8) is 0 Å². The summed E-state index contributed by atoms with van der Waals surface area (Å²) in [6.07, 6.45) is -0.345. The summed E-state index contributed by atoms with van der Waals surface area (Å²) in [6.45, 7) is 0.604. The summed E-state index contributed by atoms with van der Waals surface area (Å²) in [5.41, 5.74) is 0. The Kier molecular flexibility index (Phi) is 3.95. The van der Waals surface area contributed by atoms with Crippen molar-refractivity contribution in [2.45, 2.75) is 23.5 Å². The Balaban J connectivity index is 1.88. The molecular formula is C15H17NO4S. The van der Waals surface area contributed by atoms with Gasteiger partial charge in [-0.05, 0) is 29.3 Å². The third kappa shape index (κ3) is 3.08. The molecule has 0 saturated carbocycles. The van der Waals surface area contributed by atoms with Crippen molar-refractivity contribution in [2.75, 3.05) is 13.2 Å². The van der Waals surface area contributed by atoms with Crippen LogP contribution in [-0.2, 0) is 14.8 Å². The minimum Gasteiger partial charge on any atom is -0.389 e. The summed E-state index contributed by atoms with van der Waals surface area (Å²) in [4.78, 5) is 0.208. The fraction of sp³-hybridized carbons (Fsp3) is 0.333. The standard InChI is InChI=1S/C15H17NO4S/c17-15-10-20-8-7-14(15)16-21(18,19)13-6-5-11-3-1-2-4-12(11)9-13/h1-6,9,14-17H,7-8,10H2/t14-,15-/m1/s1. The molecule has 0 unspecified atom stereocenters. The van der Waals surface area contributed by atoms with E-state index in [-0.39, 0.29) is 11.5 Å². The molecule has 0 radical (unpaired) electrons. The molecule has 2 aromatic rings. The molecule has 0 bridgehead atoms. The number of hydrogen-bond acceptors (Lipinski definition) is 4. The molecule has 21 heavy (non-hydrogen) atoms. The van der Waals surface area contributed by atoms with Crippen molar-refractivity contribution < 1.29 is 18.3 Å². The Hall–Kier alpha value is -1.47. The Morgan fingerprint density at radius 2 is 1.90 bits per heavy atom. The topological polar surface area (TPSA) is 75.6 Å². The van der Waals surface area contributed by atoms with Crippen LogP contribution >= 0.6 is 0 Å². The molecule has 5 nitrogen and oxygen atoms in total. The van der Waals surface area contributed by atoms with Crippen LogP contribution in [0.15, 0.2) is 47.4 Å². The molecule has 0 spiro atoms. The van der Waals surface area contributed by atoms with E-state index in [0.29, 0.717) is 13.0 Å². The highest BCUT2D eigenvalue weighted by Gasteiger charge is 2.28. The average Bonchev–Trinajstić information content (AvgIpc) is 2.49. The molecule has 1 aliphatic rings. The lowest BCUT2D eigenvalue weighted by Crippen LogP contribution is -2.48. The average molecular weight is 307 g/mol. The number of fused-ring (bicyclic) bond motifs is 1. The van der Waals surface area contributed by atoms with E-state index in [1.54, 1.807) is 18.2 Å². The number of ether oxygens (including phenoxy) is 1. The van der Waals surface area contributed by atoms with Gasteiger partial charge in [-0.2, -0.15) is 0 Å². The van der Waals surface area contributed by atoms with Crippen LogP contribution in [0.25, 0.3) is 10.8 Å². The molecule has 6 heteroatoms. The summed E-state index contributed by atoms with van der Waals surface area (Å²) in [7, 11) is -3.65. The van der Waals surface area contributed by atoms with Crippen LogP contribution in [0.1, 0.15) is 6.42 Å². The Morgan fingerprint density at radius 3 is 2.67 bits per heavy atom. The molecule has 1 saturated heterocycles. The lowest BCUT2D eigenvalue weighted by atomic mass is 10.1. The van der Waals surface area contributed by atoms with E-state index in [2.05, 4.69) is 4.72 Å². The quantitative estimate of drug-likeness (QED) is 0.895. The molecular weight excluding hydrogens is 290 g/mol. The first-order valence-corrected chi connectivity index (χ1v) is 8.31. The van der Waals surface area contributed by atoms with Gasteiger partial charge < -0.3 is 9.84 Å². The van der Waals surface area contributed by atoms with Gasteiger partial charge in [0, 0.05) is 6.61 Å². The first-order valence-electron chi connectivity index (χ1n) is 6.83. The second-order valence-electron chi connectivity index (χ2n) is 5.17. The highest BCUT2D eigenvalue weighted by Crippen LogP contribution is 2.20. The number of aliphatic hydroxyl groups is 1. The van der Waals surface area contributed by atoms with Crippen molar-refractivity contribution in [3.8, 4) is 0 Å². The summed E-state index contributed by atoms with van der Waals surface area (Å²) >= 11 is 0. The van der Waals surface area contributed by atoms with Crippen molar-refractivity contribution in [1.82, 2.24) is 4.72 Å². The third-order valence-corrected chi connectivity index (χ3v) is 5.15. The molecule has 3 rings (SSSR count). The zero-order valence-electron chi connectivity index (χ0n) is 11.4. The van der Waals surface area contributed by atoms with Gasteiger partial charge in [-0.25, -0.2) is 13.1 Å². The smallest absolute Gasteiger partial charge is 0.240 e. The lowest BCUT2D eigenvalue weighted by molar-refractivity contribution is -0.0222. The van der Waals surface area contributed by atoms with E-state index in [9.17, 15) is 13.5 Å². The van der Waals surface area contributed by atoms with Gasteiger partial charge in [-0.15, -0.1) is 0 Å². The number of nitrogens with one attached hydrogen (secondary N) is 1. The minimum absolute atomic E-state index is 0.158. The van der Waals surface area contributed by atoms with E-state index in [1.807, 2.05) is 24.3 Å². The molecule has 2 atom stereocenters. The lowest BCUT2D eigenvalue weighted by Gasteiger charge is -2.28. The van der Waals surface area contributed by atoms with Crippen molar-refractivity contribution in [1.29, 1.82) is 0 Å². The van der Waals surface area contributed by atoms with Gasteiger partial charge in [-0.1, -0.05) is 30.3 Å². The number of benzene rings is 2. The number of aliphatic hydroxyl groups excluding tert-OH is 1. The summed E-state index contributed by atoms with van der Waals surface area (Å²) in [6, 6.07) is 12.1. The van der Waals surface area contributed by atoms with E-state index < -0.39 is 22.2 Å². The van der Waals surface area contributed by atoms with Gasteiger partial charge in [0.25, 0.3) is 0 Å². The summed E-state index contributed by atoms with van der Waals surface area (Å²) < 4.78 is 32.5. The van der Waals surface area contributed by atoms with Gasteiger partial charge >= 0.3 is 0 Å². The van der Waals surface area contributed by atoms with Crippen LogP contribution in [0.4, 0.5) is 0 Å². The fourth-order valence-corrected chi connectivity index (χ4v) is 3.80. The van der Waals surface area contributed by atoms with Crippen LogP contribution in [-0.4, -0.2) is 38.9 Å². The molecule has 112 valence electrons. The number of hydrogen-bond donors (Lipinski definition) is 2. The minimum atomic E-state index is -3.65. The van der Waals surface area contributed by atoms with Crippen molar-refractivity contribution >= 4 is 20.8 Å². The predicted molar refractivity (Wildman–Crippen MR) is 79.5 cm³/mol. The van der Waals surface area contributed by atoms with Crippen LogP contribution < -0.4 is 4.72 Å². The maximum absolute atomic E-state index is 12.4. The van der Waals surface area contributed by atoms with Gasteiger partial charge in [-0.3, -0.25) is 0 Å². The molecule has 0 aliphatic carbocycles. The van der Waals surface area contributed by atoms with Gasteiger partial charge in [0.05, 0.1) is 23.6 Å². The zero-order chi connectivity index (χ0) is 14.9. The molecule has 2 N–H and O–H groups in total. The number of rotatable bonds is 3. The predicted octanol–water partition coefficient (Wildman–Crippen LogP) is 1.27. The highest BCUT2D eigenvalue weighted by atomic mass is 32.2. The van der Waals surface area contributed by atoms with Gasteiger partial charge in [0.2, 0.25) is 10.0 Å². The van der Waals surface area contributed by atoms with E-state index >= 15 is 0 Å². The summed E-state index contributed by atoms with van der Waals surface area (Å²) in [5.74, 6) is 0. The monoisotopic (exact) mass is 307 g/mol. The zero-order valence-corrected chi connectivity index (χ0v) is 12.2. The van der Waals surface area contributed by atoms with Gasteiger partial charge in [0.15, 0.2) is 0 Å². The molecule has 2 aromatic carbocycles. The molecule has 1 heterocycles. The number of sulfonamides is 1. The first kappa shape index (κ1) is 14.5. The maximum Gasteiger partial charge on any atom is 0.240 e.